The van der Waals surface area contributed by atoms with Crippen LogP contribution in [-0.4, -0.2) is 31.8 Å². The third-order valence-corrected chi connectivity index (χ3v) is 3.91. The number of hydrogen-bond acceptors (Lipinski definition) is 4. The van der Waals surface area contributed by atoms with Crippen LogP contribution in [0.25, 0.3) is 0 Å². The van der Waals surface area contributed by atoms with Crippen LogP contribution in [-0.2, 0) is 19.6 Å². The van der Waals surface area contributed by atoms with Gasteiger partial charge in [0.05, 0.1) is 5.75 Å². The maximum atomic E-state index is 12.0. The summed E-state index contributed by atoms with van der Waals surface area (Å²) in [6.45, 7) is 12.5. The van der Waals surface area contributed by atoms with Crippen LogP contribution in [0.1, 0.15) is 48.5 Å². The van der Waals surface area contributed by atoms with E-state index in [9.17, 15) is 13.2 Å². The lowest BCUT2D eigenvalue weighted by Gasteiger charge is -2.26. The normalized spacial score (nSPS) is 14.8. The van der Waals surface area contributed by atoms with Crippen molar-refractivity contribution in [2.45, 2.75) is 60.1 Å². The minimum atomic E-state index is -3.48. The van der Waals surface area contributed by atoms with Crippen molar-refractivity contribution in [3.05, 3.63) is 0 Å². The average molecular weight is 293 g/mol. The predicted octanol–water partition coefficient (Wildman–Crippen LogP) is 1.93. The molecule has 0 amide bonds. The summed E-state index contributed by atoms with van der Waals surface area (Å²) in [5, 5.41) is 0. The molecular formula is C13H27NO4S. The molecule has 1 N–H and O–H groups in total. The molecular weight excluding hydrogens is 266 g/mol. The SMILES string of the molecule is CC(C)CS(=O)(=O)N[C@@H](C(=O)OC(C)(C)C)C(C)C. The van der Waals surface area contributed by atoms with Gasteiger partial charge in [-0.2, -0.15) is 0 Å². The van der Waals surface area contributed by atoms with Crippen LogP contribution >= 0.6 is 0 Å². The number of carbonyl (C=O) groups is 1. The Kier molecular flexibility index (Phi) is 6.48. The van der Waals surface area contributed by atoms with Crippen LogP contribution in [0.5, 0.6) is 0 Å². The smallest absolute Gasteiger partial charge is 0.324 e. The first-order chi connectivity index (χ1) is 8.34. The standard InChI is InChI=1S/C13H27NO4S/c1-9(2)8-19(16,17)14-11(10(3)4)12(15)18-13(5,6)7/h9-11,14H,8H2,1-7H3/t11-/m1/s1. The largest absolute Gasteiger partial charge is 0.459 e. The maximum absolute atomic E-state index is 12.0. The highest BCUT2D eigenvalue weighted by Crippen LogP contribution is 2.13. The number of ether oxygens (including phenoxy) is 1. The summed E-state index contributed by atoms with van der Waals surface area (Å²) in [7, 11) is -3.48. The lowest BCUT2D eigenvalue weighted by atomic mass is 10.1. The van der Waals surface area contributed by atoms with Crippen molar-refractivity contribution in [1.82, 2.24) is 4.72 Å². The highest BCUT2D eigenvalue weighted by atomic mass is 32.2. The van der Waals surface area contributed by atoms with Gasteiger partial charge in [0.1, 0.15) is 11.6 Å². The van der Waals surface area contributed by atoms with Crippen molar-refractivity contribution in [2.24, 2.45) is 11.8 Å². The zero-order valence-electron chi connectivity index (χ0n) is 13.0. The quantitative estimate of drug-likeness (QED) is 0.759. The fourth-order valence-electron chi connectivity index (χ4n) is 1.50. The summed E-state index contributed by atoms with van der Waals surface area (Å²) in [6, 6.07) is -0.844. The molecule has 0 saturated carbocycles. The van der Waals surface area contributed by atoms with E-state index in [4.69, 9.17) is 4.74 Å². The molecule has 0 rings (SSSR count). The third-order valence-electron chi connectivity index (χ3n) is 2.19. The second-order valence-electron chi connectivity index (χ2n) is 6.55. The van der Waals surface area contributed by atoms with Gasteiger partial charge in [0.15, 0.2) is 0 Å². The molecule has 0 fully saturated rings. The minimum Gasteiger partial charge on any atom is -0.459 e. The second kappa shape index (κ2) is 6.70. The van der Waals surface area contributed by atoms with E-state index < -0.39 is 27.6 Å². The Hall–Kier alpha value is -0.620. The van der Waals surface area contributed by atoms with Crippen LogP contribution in [0.3, 0.4) is 0 Å². The van der Waals surface area contributed by atoms with Gasteiger partial charge in [-0.15, -0.1) is 0 Å². The van der Waals surface area contributed by atoms with E-state index in [1.54, 1.807) is 34.6 Å². The molecule has 0 unspecified atom stereocenters. The van der Waals surface area contributed by atoms with Gasteiger partial charge in [-0.3, -0.25) is 4.79 Å². The highest BCUT2D eigenvalue weighted by molar-refractivity contribution is 7.89. The molecule has 6 heteroatoms. The van der Waals surface area contributed by atoms with Gasteiger partial charge in [-0.1, -0.05) is 27.7 Å². The Labute approximate surface area is 117 Å². The molecule has 0 aliphatic rings. The third kappa shape index (κ3) is 8.21. The van der Waals surface area contributed by atoms with E-state index >= 15 is 0 Å². The van der Waals surface area contributed by atoms with E-state index in [1.165, 1.54) is 0 Å². The van der Waals surface area contributed by atoms with Gasteiger partial charge in [0, 0.05) is 0 Å². The number of esters is 1. The van der Waals surface area contributed by atoms with Crippen molar-refractivity contribution >= 4 is 16.0 Å². The molecule has 0 radical (unpaired) electrons. The molecule has 0 aliphatic carbocycles. The predicted molar refractivity (Wildman–Crippen MR) is 76.2 cm³/mol. The second-order valence-corrected chi connectivity index (χ2v) is 8.35. The van der Waals surface area contributed by atoms with Crippen LogP contribution in [0.15, 0.2) is 0 Å². The molecule has 0 aromatic rings. The van der Waals surface area contributed by atoms with E-state index in [1.807, 2.05) is 13.8 Å². The maximum Gasteiger partial charge on any atom is 0.324 e. The Morgan fingerprint density at radius 1 is 1.16 bits per heavy atom. The fraction of sp³-hybridized carbons (Fsp3) is 0.923. The summed E-state index contributed by atoms with van der Waals surface area (Å²) in [5.41, 5.74) is -0.631. The molecule has 0 bridgehead atoms. The Balaban J connectivity index is 4.90. The summed E-state index contributed by atoms with van der Waals surface area (Å²) < 4.78 is 31.5. The zero-order chi connectivity index (χ0) is 15.4. The Morgan fingerprint density at radius 3 is 1.95 bits per heavy atom. The van der Waals surface area contributed by atoms with E-state index in [-0.39, 0.29) is 17.6 Å². The molecule has 0 saturated heterocycles. The number of nitrogens with one attached hydrogen (secondary N) is 1. The summed E-state index contributed by atoms with van der Waals surface area (Å²) in [6.07, 6.45) is 0. The van der Waals surface area contributed by atoms with Gasteiger partial charge < -0.3 is 4.74 Å². The molecule has 114 valence electrons. The average Bonchev–Trinajstić information content (AvgIpc) is 2.08. The number of rotatable bonds is 6. The van der Waals surface area contributed by atoms with Crippen LogP contribution in [0, 0.1) is 11.8 Å². The first-order valence-corrected chi connectivity index (χ1v) is 8.22. The monoisotopic (exact) mass is 293 g/mol. The Morgan fingerprint density at radius 2 is 1.63 bits per heavy atom. The van der Waals surface area contributed by atoms with Crippen molar-refractivity contribution in [3.63, 3.8) is 0 Å². The van der Waals surface area contributed by atoms with Gasteiger partial charge in [0.25, 0.3) is 0 Å². The number of hydrogen-bond donors (Lipinski definition) is 1. The van der Waals surface area contributed by atoms with Crippen molar-refractivity contribution in [3.8, 4) is 0 Å². The fourth-order valence-corrected chi connectivity index (χ4v) is 3.23. The first kappa shape index (κ1) is 18.4. The summed E-state index contributed by atoms with van der Waals surface area (Å²) >= 11 is 0. The Bertz CT molecular complexity index is 393. The van der Waals surface area contributed by atoms with E-state index in [0.29, 0.717) is 0 Å². The molecule has 0 spiro atoms. The van der Waals surface area contributed by atoms with Crippen molar-refractivity contribution in [2.75, 3.05) is 5.75 Å². The zero-order valence-corrected chi connectivity index (χ0v) is 13.8. The molecule has 0 aromatic carbocycles. The molecule has 0 heterocycles. The van der Waals surface area contributed by atoms with Crippen LogP contribution in [0.4, 0.5) is 0 Å². The van der Waals surface area contributed by atoms with Crippen molar-refractivity contribution < 1.29 is 17.9 Å². The minimum absolute atomic E-state index is 0.000974. The number of sulfonamides is 1. The molecule has 19 heavy (non-hydrogen) atoms. The summed E-state index contributed by atoms with van der Waals surface area (Å²) in [5.74, 6) is -0.700. The summed E-state index contributed by atoms with van der Waals surface area (Å²) in [4.78, 5) is 12.0. The van der Waals surface area contributed by atoms with Gasteiger partial charge in [0.2, 0.25) is 10.0 Å². The molecule has 1 atom stereocenters. The van der Waals surface area contributed by atoms with Crippen molar-refractivity contribution in [1.29, 1.82) is 0 Å². The van der Waals surface area contributed by atoms with Crippen LogP contribution in [0.2, 0.25) is 0 Å². The highest BCUT2D eigenvalue weighted by Gasteiger charge is 2.31. The number of carbonyl (C=O) groups excluding carboxylic acids is 1. The molecule has 0 aromatic heterocycles. The van der Waals surface area contributed by atoms with E-state index in [0.717, 1.165) is 0 Å². The van der Waals surface area contributed by atoms with Gasteiger partial charge >= 0.3 is 5.97 Å². The first-order valence-electron chi connectivity index (χ1n) is 6.57. The lowest BCUT2D eigenvalue weighted by Crippen LogP contribution is -2.48. The topological polar surface area (TPSA) is 72.5 Å². The van der Waals surface area contributed by atoms with Crippen LogP contribution < -0.4 is 4.72 Å². The molecule has 0 aliphatic heterocycles. The lowest BCUT2D eigenvalue weighted by molar-refractivity contribution is -0.158. The van der Waals surface area contributed by atoms with E-state index in [2.05, 4.69) is 4.72 Å². The van der Waals surface area contributed by atoms with Gasteiger partial charge in [-0.25, -0.2) is 13.1 Å². The molecule has 5 nitrogen and oxygen atoms in total. The van der Waals surface area contributed by atoms with Gasteiger partial charge in [-0.05, 0) is 32.6 Å².